The number of nitrogens with zero attached hydrogens (tertiary/aromatic N) is 1. The molecule has 0 aliphatic carbocycles. The highest BCUT2D eigenvalue weighted by Gasteiger charge is 2.12. The molecule has 1 rings (SSSR count). The van der Waals surface area contributed by atoms with Crippen molar-refractivity contribution in [3.63, 3.8) is 0 Å². The molecule has 1 aromatic carbocycles. The number of aliphatic hydroxyl groups is 1. The van der Waals surface area contributed by atoms with E-state index in [1.54, 1.807) is 39.1 Å². The molecule has 1 N–H and O–H groups in total. The predicted molar refractivity (Wildman–Crippen MR) is 80.7 cm³/mol. The van der Waals surface area contributed by atoms with Gasteiger partial charge in [-0.3, -0.25) is 4.79 Å². The van der Waals surface area contributed by atoms with Crippen LogP contribution >= 0.6 is 0 Å². The van der Waals surface area contributed by atoms with E-state index in [9.17, 15) is 18.7 Å². The normalized spacial score (nSPS) is 13.1. The van der Waals surface area contributed by atoms with Crippen LogP contribution in [0.3, 0.4) is 0 Å². The number of ether oxygens (including phenoxy) is 1. The van der Waals surface area contributed by atoms with Gasteiger partial charge < -0.3 is 14.7 Å². The maximum absolute atomic E-state index is 12.4. The molecule has 1 aromatic rings. The van der Waals surface area contributed by atoms with Crippen molar-refractivity contribution in [1.29, 1.82) is 0 Å². The van der Waals surface area contributed by atoms with Gasteiger partial charge in [-0.2, -0.15) is 8.78 Å². The van der Waals surface area contributed by atoms with E-state index in [0.29, 0.717) is 24.1 Å². The van der Waals surface area contributed by atoms with Crippen LogP contribution in [0.2, 0.25) is 0 Å². The first-order valence-corrected chi connectivity index (χ1v) is 6.97. The van der Waals surface area contributed by atoms with E-state index in [2.05, 4.69) is 4.74 Å². The van der Waals surface area contributed by atoms with Gasteiger partial charge in [0.05, 0.1) is 6.10 Å². The molecule has 0 aromatic heterocycles. The second-order valence-corrected chi connectivity index (χ2v) is 5.10. The van der Waals surface area contributed by atoms with Crippen molar-refractivity contribution in [2.24, 2.45) is 0 Å². The van der Waals surface area contributed by atoms with E-state index < -0.39 is 12.7 Å². The van der Waals surface area contributed by atoms with Crippen LogP contribution < -0.4 is 4.74 Å². The maximum Gasteiger partial charge on any atom is 0.387 e. The van der Waals surface area contributed by atoms with E-state index >= 15 is 0 Å². The van der Waals surface area contributed by atoms with Gasteiger partial charge in [0, 0.05) is 25.2 Å². The number of aliphatic hydroxyl groups excluding tert-OH is 1. The summed E-state index contributed by atoms with van der Waals surface area (Å²) >= 11 is 0. The summed E-state index contributed by atoms with van der Waals surface area (Å²) in [5, 5.41) is 9.22. The van der Waals surface area contributed by atoms with E-state index in [1.165, 1.54) is 17.0 Å². The molecule has 1 amide bonds. The number of alkyl halides is 2. The Kier molecular flexibility index (Phi) is 6.98. The number of halogens is 2. The summed E-state index contributed by atoms with van der Waals surface area (Å²) in [5.41, 5.74) is 0.977. The minimum Gasteiger partial charge on any atom is -0.434 e. The van der Waals surface area contributed by atoms with Crippen LogP contribution in [0.4, 0.5) is 8.78 Å². The molecule has 1 atom stereocenters. The van der Waals surface area contributed by atoms with Crippen LogP contribution in [0.25, 0.3) is 5.57 Å². The average Bonchev–Trinajstić information content (AvgIpc) is 2.44. The van der Waals surface area contributed by atoms with Crippen molar-refractivity contribution in [1.82, 2.24) is 4.90 Å². The molecule has 0 fully saturated rings. The number of amides is 1. The van der Waals surface area contributed by atoms with Crippen molar-refractivity contribution in [2.75, 3.05) is 13.6 Å². The third-order valence-corrected chi connectivity index (χ3v) is 3.13. The van der Waals surface area contributed by atoms with Crippen molar-refractivity contribution in [3.05, 3.63) is 35.9 Å². The standard InChI is InChI=1S/C16H21F2NO3/c1-11(10-15(21)19(3)9-8-12(2)20)13-6-4-5-7-14(13)22-16(17)18/h4-7,10,12,16,20H,8-9H2,1-3H3/b11-10-. The number of para-hydroxylation sites is 1. The molecule has 6 heteroatoms. The molecule has 0 saturated heterocycles. The molecule has 122 valence electrons. The highest BCUT2D eigenvalue weighted by molar-refractivity contribution is 5.95. The number of rotatable bonds is 7. The minimum absolute atomic E-state index is 0.0330. The van der Waals surface area contributed by atoms with Crippen LogP contribution in [0.1, 0.15) is 25.8 Å². The lowest BCUT2D eigenvalue weighted by Crippen LogP contribution is -2.28. The molecule has 0 aliphatic rings. The zero-order valence-electron chi connectivity index (χ0n) is 12.9. The zero-order valence-corrected chi connectivity index (χ0v) is 12.9. The van der Waals surface area contributed by atoms with Crippen LogP contribution in [0, 0.1) is 0 Å². The Hall–Kier alpha value is -1.95. The first kappa shape index (κ1) is 18.1. The molecule has 22 heavy (non-hydrogen) atoms. The Morgan fingerprint density at radius 2 is 2.05 bits per heavy atom. The first-order valence-electron chi connectivity index (χ1n) is 6.97. The van der Waals surface area contributed by atoms with E-state index in [0.717, 1.165) is 0 Å². The Morgan fingerprint density at radius 3 is 2.64 bits per heavy atom. The summed E-state index contributed by atoms with van der Waals surface area (Å²) < 4.78 is 29.2. The quantitative estimate of drug-likeness (QED) is 0.788. The Labute approximate surface area is 129 Å². The molecule has 0 spiro atoms. The lowest BCUT2D eigenvalue weighted by molar-refractivity contribution is -0.124. The fourth-order valence-corrected chi connectivity index (χ4v) is 1.85. The van der Waals surface area contributed by atoms with Crippen molar-refractivity contribution < 1.29 is 23.4 Å². The fraction of sp³-hybridized carbons (Fsp3) is 0.438. The first-order chi connectivity index (χ1) is 10.3. The number of allylic oxidation sites excluding steroid dienone is 1. The Bertz CT molecular complexity index is 530. The number of carbonyl (C=O) groups is 1. The molecule has 0 aliphatic heterocycles. The van der Waals surface area contributed by atoms with Crippen molar-refractivity contribution in [2.45, 2.75) is 33.0 Å². The van der Waals surface area contributed by atoms with Gasteiger partial charge in [-0.15, -0.1) is 0 Å². The summed E-state index contributed by atoms with van der Waals surface area (Å²) in [6.07, 6.45) is 1.36. The highest BCUT2D eigenvalue weighted by atomic mass is 19.3. The number of benzene rings is 1. The number of hydrogen-bond donors (Lipinski definition) is 1. The maximum atomic E-state index is 12.4. The minimum atomic E-state index is -2.92. The van der Waals surface area contributed by atoms with Gasteiger partial charge in [-0.05, 0) is 31.9 Å². The molecular weight excluding hydrogens is 292 g/mol. The molecule has 0 radical (unpaired) electrons. The van der Waals surface area contributed by atoms with E-state index in [-0.39, 0.29) is 11.7 Å². The van der Waals surface area contributed by atoms with Gasteiger partial charge in [0.15, 0.2) is 0 Å². The zero-order chi connectivity index (χ0) is 16.7. The van der Waals surface area contributed by atoms with Gasteiger partial charge in [0.1, 0.15) is 5.75 Å². The fourth-order valence-electron chi connectivity index (χ4n) is 1.85. The lowest BCUT2D eigenvalue weighted by Gasteiger charge is -2.17. The second-order valence-electron chi connectivity index (χ2n) is 5.10. The van der Waals surface area contributed by atoms with Crippen LogP contribution in [0.5, 0.6) is 5.75 Å². The van der Waals surface area contributed by atoms with Crippen LogP contribution in [0.15, 0.2) is 30.3 Å². The SMILES string of the molecule is C/C(=C/C(=O)N(C)CCC(C)O)c1ccccc1OC(F)F. The van der Waals surface area contributed by atoms with Gasteiger partial charge in [0.25, 0.3) is 0 Å². The molecule has 0 saturated carbocycles. The second kappa shape index (κ2) is 8.48. The number of carbonyl (C=O) groups excluding carboxylic acids is 1. The van der Waals surface area contributed by atoms with Gasteiger partial charge in [0.2, 0.25) is 5.91 Å². The van der Waals surface area contributed by atoms with Crippen molar-refractivity contribution in [3.8, 4) is 5.75 Å². The third kappa shape index (κ3) is 5.81. The summed E-state index contributed by atoms with van der Waals surface area (Å²) in [6, 6.07) is 6.32. The van der Waals surface area contributed by atoms with Crippen molar-refractivity contribution >= 4 is 11.5 Å². The predicted octanol–water partition coefficient (Wildman–Crippen LogP) is 2.92. The molecule has 0 bridgehead atoms. The molecule has 0 heterocycles. The molecular formula is C16H21F2NO3. The smallest absolute Gasteiger partial charge is 0.387 e. The van der Waals surface area contributed by atoms with Gasteiger partial charge in [-0.1, -0.05) is 18.2 Å². The number of hydrogen-bond acceptors (Lipinski definition) is 3. The Balaban J connectivity index is 2.86. The summed E-state index contributed by atoms with van der Waals surface area (Å²) in [6.45, 7) is 0.805. The van der Waals surface area contributed by atoms with E-state index in [4.69, 9.17) is 0 Å². The summed E-state index contributed by atoms with van der Waals surface area (Å²) in [7, 11) is 1.62. The van der Waals surface area contributed by atoms with Gasteiger partial charge >= 0.3 is 6.61 Å². The highest BCUT2D eigenvalue weighted by Crippen LogP contribution is 2.27. The van der Waals surface area contributed by atoms with Crippen LogP contribution in [-0.2, 0) is 4.79 Å². The topological polar surface area (TPSA) is 49.8 Å². The third-order valence-electron chi connectivity index (χ3n) is 3.13. The van der Waals surface area contributed by atoms with Crippen LogP contribution in [-0.4, -0.2) is 42.2 Å². The average molecular weight is 313 g/mol. The molecule has 4 nitrogen and oxygen atoms in total. The summed E-state index contributed by atoms with van der Waals surface area (Å²) in [5.74, 6) is -0.226. The van der Waals surface area contributed by atoms with Gasteiger partial charge in [-0.25, -0.2) is 0 Å². The Morgan fingerprint density at radius 1 is 1.41 bits per heavy atom. The summed E-state index contributed by atoms with van der Waals surface area (Å²) in [4.78, 5) is 13.5. The number of likely N-dealkylation sites (N-methyl/N-ethyl adjacent to an activating group) is 1. The molecule has 1 unspecified atom stereocenters. The largest absolute Gasteiger partial charge is 0.434 e. The van der Waals surface area contributed by atoms with E-state index in [1.807, 2.05) is 0 Å². The lowest BCUT2D eigenvalue weighted by atomic mass is 10.1. The monoisotopic (exact) mass is 313 g/mol.